The SMILES string of the molecule is CN1CCCCC1Cn1cncc1-c1cnccc1N. The van der Waals surface area contributed by atoms with E-state index >= 15 is 0 Å². The molecule has 0 radical (unpaired) electrons. The van der Waals surface area contributed by atoms with Crippen LogP contribution in [0.5, 0.6) is 0 Å². The fourth-order valence-electron chi connectivity index (χ4n) is 2.91. The Bertz CT molecular complexity index is 577. The van der Waals surface area contributed by atoms with Gasteiger partial charge in [0.1, 0.15) is 0 Å². The Hall–Kier alpha value is -1.88. The van der Waals surface area contributed by atoms with Crippen LogP contribution in [0.2, 0.25) is 0 Å². The van der Waals surface area contributed by atoms with Crippen molar-refractivity contribution in [2.24, 2.45) is 0 Å². The highest BCUT2D eigenvalue weighted by Crippen LogP contribution is 2.25. The van der Waals surface area contributed by atoms with Gasteiger partial charge in [0.05, 0.1) is 18.2 Å². The Kier molecular flexibility index (Phi) is 3.69. The van der Waals surface area contributed by atoms with E-state index in [0.29, 0.717) is 6.04 Å². The molecule has 5 heteroatoms. The number of piperidine rings is 1. The van der Waals surface area contributed by atoms with E-state index in [2.05, 4.69) is 26.5 Å². The minimum Gasteiger partial charge on any atom is -0.398 e. The molecular weight excluding hydrogens is 250 g/mol. The van der Waals surface area contributed by atoms with Crippen LogP contribution in [0, 0.1) is 0 Å². The topological polar surface area (TPSA) is 60.0 Å². The third-order valence-electron chi connectivity index (χ3n) is 4.17. The zero-order valence-electron chi connectivity index (χ0n) is 11.9. The van der Waals surface area contributed by atoms with E-state index in [9.17, 15) is 0 Å². The number of imidazole rings is 1. The van der Waals surface area contributed by atoms with Gasteiger partial charge in [-0.15, -0.1) is 0 Å². The smallest absolute Gasteiger partial charge is 0.0951 e. The normalized spacial score (nSPS) is 20.1. The third-order valence-corrected chi connectivity index (χ3v) is 4.17. The summed E-state index contributed by atoms with van der Waals surface area (Å²) in [5, 5.41) is 0. The molecule has 2 aromatic rings. The molecule has 2 N–H and O–H groups in total. The number of nitrogen functional groups attached to an aromatic ring is 1. The Morgan fingerprint density at radius 2 is 2.20 bits per heavy atom. The molecule has 3 heterocycles. The van der Waals surface area contributed by atoms with Crippen molar-refractivity contribution in [3.63, 3.8) is 0 Å². The summed E-state index contributed by atoms with van der Waals surface area (Å²) in [7, 11) is 2.21. The second-order valence-corrected chi connectivity index (χ2v) is 5.52. The maximum absolute atomic E-state index is 6.05. The lowest BCUT2D eigenvalue weighted by atomic mass is 10.0. The van der Waals surface area contributed by atoms with Crippen LogP contribution in [0.15, 0.2) is 31.0 Å². The van der Waals surface area contributed by atoms with Gasteiger partial charge >= 0.3 is 0 Å². The molecule has 1 fully saturated rings. The highest BCUT2D eigenvalue weighted by Gasteiger charge is 2.20. The molecule has 1 saturated heterocycles. The fourth-order valence-corrected chi connectivity index (χ4v) is 2.91. The number of nitrogens with two attached hydrogens (primary N) is 1. The third kappa shape index (κ3) is 2.54. The molecule has 2 aromatic heterocycles. The number of rotatable bonds is 3. The van der Waals surface area contributed by atoms with Gasteiger partial charge in [0.15, 0.2) is 0 Å². The number of hydrogen-bond acceptors (Lipinski definition) is 4. The van der Waals surface area contributed by atoms with Gasteiger partial charge in [0.2, 0.25) is 0 Å². The first-order chi connectivity index (χ1) is 9.75. The second kappa shape index (κ2) is 5.63. The summed E-state index contributed by atoms with van der Waals surface area (Å²) < 4.78 is 2.19. The summed E-state index contributed by atoms with van der Waals surface area (Å²) in [5.74, 6) is 0. The van der Waals surface area contributed by atoms with E-state index in [4.69, 9.17) is 5.73 Å². The van der Waals surface area contributed by atoms with Crippen LogP contribution in [0.3, 0.4) is 0 Å². The summed E-state index contributed by atoms with van der Waals surface area (Å²) in [4.78, 5) is 10.9. The first-order valence-corrected chi connectivity index (χ1v) is 7.16. The Morgan fingerprint density at radius 3 is 3.00 bits per heavy atom. The Labute approximate surface area is 119 Å². The molecule has 0 bridgehead atoms. The average Bonchev–Trinajstić information content (AvgIpc) is 2.90. The molecule has 1 unspecified atom stereocenters. The number of aromatic nitrogens is 3. The average molecular weight is 271 g/mol. The molecule has 1 atom stereocenters. The van der Waals surface area contributed by atoms with Gasteiger partial charge in [-0.1, -0.05) is 6.42 Å². The van der Waals surface area contributed by atoms with Crippen LogP contribution < -0.4 is 5.73 Å². The van der Waals surface area contributed by atoms with Crippen molar-refractivity contribution in [2.45, 2.75) is 31.8 Å². The quantitative estimate of drug-likeness (QED) is 0.927. The van der Waals surface area contributed by atoms with E-state index < -0.39 is 0 Å². The van der Waals surface area contributed by atoms with E-state index in [1.54, 1.807) is 6.20 Å². The van der Waals surface area contributed by atoms with Gasteiger partial charge in [-0.3, -0.25) is 4.98 Å². The molecule has 1 aliphatic heterocycles. The van der Waals surface area contributed by atoms with E-state index in [0.717, 1.165) is 23.5 Å². The largest absolute Gasteiger partial charge is 0.398 e. The predicted octanol–water partition coefficient (Wildman–Crippen LogP) is 2.01. The lowest BCUT2D eigenvalue weighted by molar-refractivity contribution is 0.168. The lowest BCUT2D eigenvalue weighted by Gasteiger charge is -2.33. The van der Waals surface area contributed by atoms with Gasteiger partial charge in [0, 0.05) is 36.2 Å². The molecule has 106 valence electrons. The molecule has 3 rings (SSSR count). The molecule has 0 aliphatic carbocycles. The molecule has 1 aliphatic rings. The van der Waals surface area contributed by atoms with Crippen LogP contribution >= 0.6 is 0 Å². The maximum Gasteiger partial charge on any atom is 0.0951 e. The number of likely N-dealkylation sites (N-methyl/N-ethyl adjacent to an activating group) is 1. The minimum absolute atomic E-state index is 0.578. The van der Waals surface area contributed by atoms with E-state index in [1.807, 2.05) is 24.8 Å². The molecule has 20 heavy (non-hydrogen) atoms. The zero-order chi connectivity index (χ0) is 13.9. The van der Waals surface area contributed by atoms with Crippen molar-refractivity contribution in [3.05, 3.63) is 31.0 Å². The van der Waals surface area contributed by atoms with Gasteiger partial charge in [-0.2, -0.15) is 0 Å². The number of hydrogen-bond donors (Lipinski definition) is 1. The zero-order valence-corrected chi connectivity index (χ0v) is 11.9. The molecule has 5 nitrogen and oxygen atoms in total. The van der Waals surface area contributed by atoms with Gasteiger partial charge in [-0.05, 0) is 32.5 Å². The molecule has 0 aromatic carbocycles. The van der Waals surface area contributed by atoms with Crippen molar-refractivity contribution in [3.8, 4) is 11.3 Å². The minimum atomic E-state index is 0.578. The van der Waals surface area contributed by atoms with Gasteiger partial charge in [-0.25, -0.2) is 4.98 Å². The highest BCUT2D eigenvalue weighted by atomic mass is 15.2. The summed E-state index contributed by atoms with van der Waals surface area (Å²) in [6.45, 7) is 2.14. The van der Waals surface area contributed by atoms with Crippen LogP contribution in [-0.4, -0.2) is 39.1 Å². The molecule has 0 amide bonds. The molecule has 0 saturated carbocycles. The fraction of sp³-hybridized carbons (Fsp3) is 0.467. The highest BCUT2D eigenvalue weighted by molar-refractivity contribution is 5.72. The summed E-state index contributed by atoms with van der Waals surface area (Å²) in [6.07, 6.45) is 11.2. The van der Waals surface area contributed by atoms with Crippen molar-refractivity contribution >= 4 is 5.69 Å². The first-order valence-electron chi connectivity index (χ1n) is 7.16. The summed E-state index contributed by atoms with van der Waals surface area (Å²) in [6, 6.07) is 2.41. The Morgan fingerprint density at radius 1 is 1.30 bits per heavy atom. The number of likely N-dealkylation sites (tertiary alicyclic amines) is 1. The number of nitrogens with zero attached hydrogens (tertiary/aromatic N) is 4. The summed E-state index contributed by atoms with van der Waals surface area (Å²) in [5.41, 5.74) is 8.81. The monoisotopic (exact) mass is 271 g/mol. The predicted molar refractivity (Wildman–Crippen MR) is 80.1 cm³/mol. The number of pyridine rings is 1. The standard InChI is InChI=1S/C15H21N5/c1-19-7-3-2-4-12(19)10-20-11-18-9-15(20)13-8-17-6-5-14(13)16/h5-6,8-9,11-12H,2-4,7,10H2,1H3,(H2,16,17). The van der Waals surface area contributed by atoms with E-state index in [1.165, 1.54) is 25.8 Å². The van der Waals surface area contributed by atoms with Crippen molar-refractivity contribution in [1.82, 2.24) is 19.4 Å². The maximum atomic E-state index is 6.05. The molecule has 0 spiro atoms. The van der Waals surface area contributed by atoms with Crippen molar-refractivity contribution in [1.29, 1.82) is 0 Å². The summed E-state index contributed by atoms with van der Waals surface area (Å²) >= 11 is 0. The lowest BCUT2D eigenvalue weighted by Crippen LogP contribution is -2.39. The van der Waals surface area contributed by atoms with Crippen LogP contribution in [0.4, 0.5) is 5.69 Å². The molecular formula is C15H21N5. The second-order valence-electron chi connectivity index (χ2n) is 5.52. The van der Waals surface area contributed by atoms with Crippen molar-refractivity contribution in [2.75, 3.05) is 19.3 Å². The van der Waals surface area contributed by atoms with Crippen LogP contribution in [0.1, 0.15) is 19.3 Å². The van der Waals surface area contributed by atoms with Crippen LogP contribution in [0.25, 0.3) is 11.3 Å². The Balaban J connectivity index is 1.85. The van der Waals surface area contributed by atoms with E-state index in [-0.39, 0.29) is 0 Å². The van der Waals surface area contributed by atoms with Crippen molar-refractivity contribution < 1.29 is 0 Å². The number of anilines is 1. The van der Waals surface area contributed by atoms with Gasteiger partial charge < -0.3 is 15.2 Å². The first kappa shape index (κ1) is 13.1. The van der Waals surface area contributed by atoms with Gasteiger partial charge in [0.25, 0.3) is 0 Å². The van der Waals surface area contributed by atoms with Crippen LogP contribution in [-0.2, 0) is 6.54 Å².